The zero-order valence-corrected chi connectivity index (χ0v) is 9.33. The molecule has 0 radical (unpaired) electrons. The fourth-order valence-corrected chi connectivity index (χ4v) is 2.47. The Morgan fingerprint density at radius 3 is 2.86 bits per heavy atom. The Bertz CT molecular complexity index is 180. The van der Waals surface area contributed by atoms with Crippen LogP contribution in [-0.2, 0) is 4.74 Å². The van der Waals surface area contributed by atoms with Gasteiger partial charge in [-0.05, 0) is 32.4 Å². The Morgan fingerprint density at radius 2 is 2.29 bits per heavy atom. The molecular formula is C11H22N2O. The molecule has 3 nitrogen and oxygen atoms in total. The first-order valence-electron chi connectivity index (χ1n) is 5.78. The highest BCUT2D eigenvalue weighted by Crippen LogP contribution is 2.17. The molecule has 2 fully saturated rings. The highest BCUT2D eigenvalue weighted by molar-refractivity contribution is 4.85. The topological polar surface area (TPSA) is 24.5 Å². The molecule has 2 aliphatic heterocycles. The molecule has 0 aliphatic carbocycles. The lowest BCUT2D eigenvalue weighted by Crippen LogP contribution is -2.43. The maximum atomic E-state index is 5.41. The molecule has 0 aromatic heterocycles. The van der Waals surface area contributed by atoms with Crippen molar-refractivity contribution < 1.29 is 4.74 Å². The highest BCUT2D eigenvalue weighted by Gasteiger charge is 2.27. The van der Waals surface area contributed by atoms with Gasteiger partial charge in [-0.15, -0.1) is 0 Å². The lowest BCUT2D eigenvalue weighted by molar-refractivity contribution is 0.151. The van der Waals surface area contributed by atoms with Crippen LogP contribution in [0.1, 0.15) is 19.8 Å². The van der Waals surface area contributed by atoms with Gasteiger partial charge in [0.1, 0.15) is 0 Å². The summed E-state index contributed by atoms with van der Waals surface area (Å²) >= 11 is 0. The molecule has 3 unspecified atom stereocenters. The van der Waals surface area contributed by atoms with E-state index in [9.17, 15) is 0 Å². The number of nitrogens with zero attached hydrogens (tertiary/aromatic N) is 1. The summed E-state index contributed by atoms with van der Waals surface area (Å²) in [4.78, 5) is 2.46. The standard InChI is InChI=1S/C11H22N2O/c1-9-3-5-12-11(9)7-13(2)10-4-6-14-8-10/h9-12H,3-8H2,1-2H3. The minimum absolute atomic E-state index is 0.657. The van der Waals surface area contributed by atoms with Gasteiger partial charge < -0.3 is 10.1 Å². The quantitative estimate of drug-likeness (QED) is 0.722. The third-order valence-electron chi connectivity index (χ3n) is 3.71. The smallest absolute Gasteiger partial charge is 0.0622 e. The Balaban J connectivity index is 1.78. The van der Waals surface area contributed by atoms with Crippen LogP contribution in [0.15, 0.2) is 0 Å². The van der Waals surface area contributed by atoms with Gasteiger partial charge in [0.15, 0.2) is 0 Å². The summed E-state index contributed by atoms with van der Waals surface area (Å²) in [7, 11) is 2.23. The van der Waals surface area contributed by atoms with Crippen LogP contribution in [0.4, 0.5) is 0 Å². The van der Waals surface area contributed by atoms with Gasteiger partial charge in [-0.3, -0.25) is 4.90 Å². The molecule has 82 valence electrons. The third-order valence-corrected chi connectivity index (χ3v) is 3.71. The maximum absolute atomic E-state index is 5.41. The van der Waals surface area contributed by atoms with E-state index >= 15 is 0 Å². The molecule has 1 N–H and O–H groups in total. The van der Waals surface area contributed by atoms with Gasteiger partial charge >= 0.3 is 0 Å². The van der Waals surface area contributed by atoms with Crippen molar-refractivity contribution in [2.75, 3.05) is 33.4 Å². The van der Waals surface area contributed by atoms with Gasteiger partial charge in [0, 0.05) is 25.2 Å². The molecule has 0 aromatic rings. The molecule has 0 spiro atoms. The Morgan fingerprint density at radius 1 is 1.43 bits per heavy atom. The normalized spacial score (nSPS) is 38.4. The zero-order chi connectivity index (χ0) is 9.97. The van der Waals surface area contributed by atoms with Crippen LogP contribution in [0, 0.1) is 5.92 Å². The van der Waals surface area contributed by atoms with Gasteiger partial charge in [-0.1, -0.05) is 6.92 Å². The Hall–Kier alpha value is -0.120. The Labute approximate surface area is 86.8 Å². The minimum atomic E-state index is 0.657. The second-order valence-corrected chi connectivity index (χ2v) is 4.78. The van der Waals surface area contributed by atoms with E-state index in [2.05, 4.69) is 24.2 Å². The van der Waals surface area contributed by atoms with Crippen molar-refractivity contribution in [1.82, 2.24) is 10.2 Å². The van der Waals surface area contributed by atoms with Gasteiger partial charge in [0.05, 0.1) is 6.61 Å². The third kappa shape index (κ3) is 2.27. The molecule has 2 saturated heterocycles. The first-order valence-corrected chi connectivity index (χ1v) is 5.78. The number of nitrogens with one attached hydrogen (secondary N) is 1. The monoisotopic (exact) mass is 198 g/mol. The fourth-order valence-electron chi connectivity index (χ4n) is 2.47. The zero-order valence-electron chi connectivity index (χ0n) is 9.33. The Kier molecular flexibility index (Phi) is 3.42. The molecule has 3 heteroatoms. The lowest BCUT2D eigenvalue weighted by Gasteiger charge is -2.27. The van der Waals surface area contributed by atoms with Crippen LogP contribution in [0.3, 0.4) is 0 Å². The second kappa shape index (κ2) is 4.60. The van der Waals surface area contributed by atoms with E-state index in [1.807, 2.05) is 0 Å². The lowest BCUT2D eigenvalue weighted by atomic mass is 10.0. The fraction of sp³-hybridized carbons (Fsp3) is 1.00. The first-order chi connectivity index (χ1) is 6.77. The van der Waals surface area contributed by atoms with E-state index < -0.39 is 0 Å². The highest BCUT2D eigenvalue weighted by atomic mass is 16.5. The predicted octanol–water partition coefficient (Wildman–Crippen LogP) is 0.705. The SMILES string of the molecule is CC1CCNC1CN(C)C1CCOC1. The second-order valence-electron chi connectivity index (χ2n) is 4.78. The molecule has 2 aliphatic rings. The summed E-state index contributed by atoms with van der Waals surface area (Å²) in [5.41, 5.74) is 0. The molecule has 0 saturated carbocycles. The molecule has 3 atom stereocenters. The molecular weight excluding hydrogens is 176 g/mol. The summed E-state index contributed by atoms with van der Waals surface area (Å²) in [6.45, 7) is 6.60. The molecule has 2 heterocycles. The van der Waals surface area contributed by atoms with E-state index in [0.717, 1.165) is 19.1 Å². The average Bonchev–Trinajstić information content (AvgIpc) is 2.77. The summed E-state index contributed by atoms with van der Waals surface area (Å²) in [5.74, 6) is 0.833. The van der Waals surface area contributed by atoms with Crippen LogP contribution in [0.5, 0.6) is 0 Å². The van der Waals surface area contributed by atoms with E-state index in [1.165, 1.54) is 25.9 Å². The van der Waals surface area contributed by atoms with E-state index in [1.54, 1.807) is 0 Å². The number of ether oxygens (including phenoxy) is 1. The minimum Gasteiger partial charge on any atom is -0.380 e. The van der Waals surface area contributed by atoms with Crippen molar-refractivity contribution in [3.63, 3.8) is 0 Å². The maximum Gasteiger partial charge on any atom is 0.0622 e. The molecule has 14 heavy (non-hydrogen) atoms. The summed E-state index contributed by atoms with van der Waals surface area (Å²) in [6, 6.07) is 1.35. The van der Waals surface area contributed by atoms with Crippen molar-refractivity contribution in [2.24, 2.45) is 5.92 Å². The van der Waals surface area contributed by atoms with E-state index in [-0.39, 0.29) is 0 Å². The van der Waals surface area contributed by atoms with Crippen molar-refractivity contribution in [2.45, 2.75) is 31.8 Å². The van der Waals surface area contributed by atoms with Crippen molar-refractivity contribution in [3.8, 4) is 0 Å². The van der Waals surface area contributed by atoms with Crippen LogP contribution in [0.2, 0.25) is 0 Å². The average molecular weight is 198 g/mol. The van der Waals surface area contributed by atoms with E-state index in [4.69, 9.17) is 4.74 Å². The molecule has 0 bridgehead atoms. The summed E-state index contributed by atoms with van der Waals surface area (Å²) in [6.07, 6.45) is 2.54. The van der Waals surface area contributed by atoms with Gasteiger partial charge in [-0.25, -0.2) is 0 Å². The van der Waals surface area contributed by atoms with Crippen molar-refractivity contribution in [1.29, 1.82) is 0 Å². The van der Waals surface area contributed by atoms with Gasteiger partial charge in [0.25, 0.3) is 0 Å². The molecule has 0 aromatic carbocycles. The summed E-state index contributed by atoms with van der Waals surface area (Å²) in [5, 5.41) is 3.58. The van der Waals surface area contributed by atoms with Crippen LogP contribution < -0.4 is 5.32 Å². The van der Waals surface area contributed by atoms with E-state index in [0.29, 0.717) is 12.1 Å². The van der Waals surface area contributed by atoms with Crippen LogP contribution in [0.25, 0.3) is 0 Å². The number of hydrogen-bond acceptors (Lipinski definition) is 3. The van der Waals surface area contributed by atoms with Crippen LogP contribution in [-0.4, -0.2) is 50.3 Å². The number of hydrogen-bond donors (Lipinski definition) is 1. The predicted molar refractivity (Wildman–Crippen MR) is 57.4 cm³/mol. The van der Waals surface area contributed by atoms with Gasteiger partial charge in [-0.2, -0.15) is 0 Å². The number of likely N-dealkylation sites (N-methyl/N-ethyl adjacent to an activating group) is 1. The van der Waals surface area contributed by atoms with Crippen LogP contribution >= 0.6 is 0 Å². The molecule has 2 rings (SSSR count). The van der Waals surface area contributed by atoms with Gasteiger partial charge in [0.2, 0.25) is 0 Å². The largest absolute Gasteiger partial charge is 0.380 e. The van der Waals surface area contributed by atoms with Crippen molar-refractivity contribution in [3.05, 3.63) is 0 Å². The first kappa shape index (κ1) is 10.4. The molecule has 0 amide bonds. The van der Waals surface area contributed by atoms with Crippen molar-refractivity contribution >= 4 is 0 Å². The summed E-state index contributed by atoms with van der Waals surface area (Å²) < 4.78 is 5.41. The number of rotatable bonds is 3.